The van der Waals surface area contributed by atoms with Crippen molar-refractivity contribution >= 4 is 28.9 Å². The molecule has 0 spiro atoms. The molecule has 3 aromatic rings. The Labute approximate surface area is 194 Å². The molecule has 1 amide bonds. The molecule has 0 unspecified atom stereocenters. The minimum atomic E-state index is -0.301. The van der Waals surface area contributed by atoms with Crippen LogP contribution in [0.2, 0.25) is 0 Å². The van der Waals surface area contributed by atoms with E-state index >= 15 is 0 Å². The van der Waals surface area contributed by atoms with Crippen LogP contribution in [-0.2, 0) is 6.42 Å². The number of ether oxygens (including phenoxy) is 2. The fraction of sp³-hybridized carbons (Fsp3) is 0.231. The maximum absolute atomic E-state index is 12.5. The summed E-state index contributed by atoms with van der Waals surface area (Å²) in [4.78, 5) is 12.5. The van der Waals surface area contributed by atoms with Gasteiger partial charge in [0.05, 0.1) is 12.7 Å². The first-order valence-electron chi connectivity index (χ1n) is 10.7. The lowest BCUT2D eigenvalue weighted by Gasteiger charge is -2.13. The number of anilines is 1. The molecule has 0 atom stereocenters. The molecule has 5 nitrogen and oxygen atoms in total. The van der Waals surface area contributed by atoms with E-state index in [9.17, 15) is 4.79 Å². The van der Waals surface area contributed by atoms with Crippen LogP contribution >= 0.6 is 12.2 Å². The molecule has 166 valence electrons. The van der Waals surface area contributed by atoms with Crippen LogP contribution in [0.5, 0.6) is 11.5 Å². The number of hydrogen-bond acceptors (Lipinski definition) is 4. The minimum Gasteiger partial charge on any atom is -0.494 e. The lowest BCUT2D eigenvalue weighted by Crippen LogP contribution is -2.34. The molecule has 0 aliphatic carbocycles. The van der Waals surface area contributed by atoms with Gasteiger partial charge in [-0.15, -0.1) is 0 Å². The molecule has 0 radical (unpaired) electrons. The van der Waals surface area contributed by atoms with Crippen molar-refractivity contribution in [1.29, 1.82) is 0 Å². The summed E-state index contributed by atoms with van der Waals surface area (Å²) in [5.41, 5.74) is 2.52. The standard InChI is InChI=1S/C26H28N2O3S/c1-19(2)31-24-15-6-12-21(17-24)25(29)28-26(32)27-22-13-7-14-23(18-22)30-16-8-11-20-9-4-3-5-10-20/h3-7,9-10,12-15,17-19H,8,11,16H2,1-2H3,(H2,27,28,29,32). The van der Waals surface area contributed by atoms with Crippen molar-refractivity contribution in [2.24, 2.45) is 0 Å². The lowest BCUT2D eigenvalue weighted by atomic mass is 10.1. The Morgan fingerprint density at radius 3 is 2.47 bits per heavy atom. The van der Waals surface area contributed by atoms with E-state index in [1.807, 2.05) is 62.4 Å². The first-order chi connectivity index (χ1) is 15.5. The minimum absolute atomic E-state index is 0.0314. The number of rotatable bonds is 9. The summed E-state index contributed by atoms with van der Waals surface area (Å²) in [6, 6.07) is 24.9. The van der Waals surface area contributed by atoms with Crippen LogP contribution in [0.25, 0.3) is 0 Å². The Hall–Kier alpha value is -3.38. The third kappa shape index (κ3) is 7.71. The first kappa shape index (κ1) is 23.3. The molecule has 0 aliphatic heterocycles. The zero-order chi connectivity index (χ0) is 22.8. The quantitative estimate of drug-likeness (QED) is 0.329. The summed E-state index contributed by atoms with van der Waals surface area (Å²) in [5, 5.41) is 5.95. The molecule has 0 heterocycles. The third-order valence-electron chi connectivity index (χ3n) is 4.51. The Bertz CT molecular complexity index is 1040. The summed E-state index contributed by atoms with van der Waals surface area (Å²) in [6.07, 6.45) is 1.93. The highest BCUT2D eigenvalue weighted by Gasteiger charge is 2.10. The van der Waals surface area contributed by atoms with E-state index in [0.717, 1.165) is 24.3 Å². The smallest absolute Gasteiger partial charge is 0.257 e. The Balaban J connectivity index is 1.48. The van der Waals surface area contributed by atoms with E-state index in [1.165, 1.54) is 5.56 Å². The van der Waals surface area contributed by atoms with Crippen LogP contribution in [0.4, 0.5) is 5.69 Å². The van der Waals surface area contributed by atoms with Crippen molar-refractivity contribution in [3.8, 4) is 11.5 Å². The van der Waals surface area contributed by atoms with Crippen LogP contribution in [0.3, 0.4) is 0 Å². The van der Waals surface area contributed by atoms with E-state index in [4.69, 9.17) is 21.7 Å². The van der Waals surface area contributed by atoms with E-state index in [2.05, 4.69) is 22.8 Å². The average molecular weight is 449 g/mol. The van der Waals surface area contributed by atoms with Gasteiger partial charge in [0.25, 0.3) is 5.91 Å². The highest BCUT2D eigenvalue weighted by Crippen LogP contribution is 2.18. The predicted molar refractivity (Wildman–Crippen MR) is 133 cm³/mol. The van der Waals surface area contributed by atoms with Crippen LogP contribution in [-0.4, -0.2) is 23.7 Å². The molecule has 3 aromatic carbocycles. The number of hydrogen-bond donors (Lipinski definition) is 2. The molecule has 0 fully saturated rings. The van der Waals surface area contributed by atoms with Gasteiger partial charge < -0.3 is 14.8 Å². The summed E-state index contributed by atoms with van der Waals surface area (Å²) >= 11 is 5.30. The largest absolute Gasteiger partial charge is 0.494 e. The second kappa shape index (κ2) is 11.9. The number of thiocarbonyl (C=S) groups is 1. The van der Waals surface area contributed by atoms with Crippen molar-refractivity contribution in [2.45, 2.75) is 32.8 Å². The number of benzene rings is 3. The van der Waals surface area contributed by atoms with Crippen molar-refractivity contribution in [3.05, 3.63) is 90.0 Å². The lowest BCUT2D eigenvalue weighted by molar-refractivity contribution is 0.0977. The zero-order valence-corrected chi connectivity index (χ0v) is 19.2. The number of nitrogens with one attached hydrogen (secondary N) is 2. The zero-order valence-electron chi connectivity index (χ0n) is 18.3. The second-order valence-electron chi connectivity index (χ2n) is 7.57. The van der Waals surface area contributed by atoms with Gasteiger partial charge in [-0.2, -0.15) is 0 Å². The van der Waals surface area contributed by atoms with Crippen LogP contribution in [0.1, 0.15) is 36.2 Å². The molecular formula is C26H28N2O3S. The van der Waals surface area contributed by atoms with Gasteiger partial charge in [0.2, 0.25) is 0 Å². The highest BCUT2D eigenvalue weighted by atomic mass is 32.1. The molecule has 0 saturated carbocycles. The predicted octanol–water partition coefficient (Wildman–Crippen LogP) is 5.61. The van der Waals surface area contributed by atoms with Crippen molar-refractivity contribution in [1.82, 2.24) is 5.32 Å². The van der Waals surface area contributed by atoms with Gasteiger partial charge >= 0.3 is 0 Å². The number of carbonyl (C=O) groups excluding carboxylic acids is 1. The molecule has 0 aliphatic rings. The number of aryl methyl sites for hydroxylation is 1. The molecule has 0 bridgehead atoms. The van der Waals surface area contributed by atoms with Crippen molar-refractivity contribution in [3.63, 3.8) is 0 Å². The van der Waals surface area contributed by atoms with Crippen LogP contribution in [0.15, 0.2) is 78.9 Å². The van der Waals surface area contributed by atoms with E-state index in [0.29, 0.717) is 17.9 Å². The second-order valence-corrected chi connectivity index (χ2v) is 7.98. The monoisotopic (exact) mass is 448 g/mol. The van der Waals surface area contributed by atoms with Gasteiger partial charge in [-0.1, -0.05) is 42.5 Å². The Morgan fingerprint density at radius 2 is 1.69 bits per heavy atom. The van der Waals surface area contributed by atoms with Gasteiger partial charge in [0, 0.05) is 17.3 Å². The molecular weight excluding hydrogens is 420 g/mol. The Morgan fingerprint density at radius 1 is 0.938 bits per heavy atom. The number of carbonyl (C=O) groups is 1. The van der Waals surface area contributed by atoms with Crippen LogP contribution in [0, 0.1) is 0 Å². The molecule has 0 aromatic heterocycles. The summed E-state index contributed by atoms with van der Waals surface area (Å²) in [5.74, 6) is 1.09. The SMILES string of the molecule is CC(C)Oc1cccc(C(=O)NC(=S)Nc2cccc(OCCCc3ccccc3)c2)c1. The van der Waals surface area contributed by atoms with E-state index in [-0.39, 0.29) is 17.1 Å². The van der Waals surface area contributed by atoms with E-state index < -0.39 is 0 Å². The van der Waals surface area contributed by atoms with E-state index in [1.54, 1.807) is 18.2 Å². The van der Waals surface area contributed by atoms with Gasteiger partial charge in [-0.3, -0.25) is 10.1 Å². The molecule has 6 heteroatoms. The van der Waals surface area contributed by atoms with Crippen molar-refractivity contribution < 1.29 is 14.3 Å². The third-order valence-corrected chi connectivity index (χ3v) is 4.71. The molecule has 32 heavy (non-hydrogen) atoms. The highest BCUT2D eigenvalue weighted by molar-refractivity contribution is 7.80. The topological polar surface area (TPSA) is 59.6 Å². The van der Waals surface area contributed by atoms with Gasteiger partial charge in [-0.05, 0) is 74.8 Å². The van der Waals surface area contributed by atoms with Crippen molar-refractivity contribution in [2.75, 3.05) is 11.9 Å². The molecule has 2 N–H and O–H groups in total. The average Bonchev–Trinajstić information content (AvgIpc) is 2.77. The maximum Gasteiger partial charge on any atom is 0.257 e. The number of amides is 1. The summed E-state index contributed by atoms with van der Waals surface area (Å²) in [7, 11) is 0. The molecule has 3 rings (SSSR count). The summed E-state index contributed by atoms with van der Waals surface area (Å²) < 4.78 is 11.5. The Kier molecular flexibility index (Phi) is 8.63. The van der Waals surface area contributed by atoms with Crippen LogP contribution < -0.4 is 20.1 Å². The van der Waals surface area contributed by atoms with Gasteiger partial charge in [0.15, 0.2) is 5.11 Å². The summed E-state index contributed by atoms with van der Waals surface area (Å²) in [6.45, 7) is 4.49. The fourth-order valence-corrected chi connectivity index (χ4v) is 3.31. The van der Waals surface area contributed by atoms with Gasteiger partial charge in [-0.25, -0.2) is 0 Å². The first-order valence-corrected chi connectivity index (χ1v) is 11.1. The van der Waals surface area contributed by atoms with Gasteiger partial charge in [0.1, 0.15) is 11.5 Å². The maximum atomic E-state index is 12.5. The normalized spacial score (nSPS) is 10.5. The molecule has 0 saturated heterocycles. The fourth-order valence-electron chi connectivity index (χ4n) is 3.10.